The van der Waals surface area contributed by atoms with Crippen molar-refractivity contribution in [2.75, 3.05) is 17.2 Å². The van der Waals surface area contributed by atoms with E-state index in [-0.39, 0.29) is 5.91 Å². The molecule has 1 amide bonds. The van der Waals surface area contributed by atoms with E-state index in [1.165, 1.54) is 0 Å². The number of nitrogens with two attached hydrogens (primary N) is 1. The van der Waals surface area contributed by atoms with Gasteiger partial charge in [0.25, 0.3) is 5.91 Å². The lowest BCUT2D eigenvalue weighted by atomic mass is 10.2. The predicted octanol–water partition coefficient (Wildman–Crippen LogP) is 1.67. The van der Waals surface area contributed by atoms with Crippen LogP contribution in [0.1, 0.15) is 17.4 Å². The van der Waals surface area contributed by atoms with E-state index in [2.05, 4.69) is 5.10 Å². The van der Waals surface area contributed by atoms with Gasteiger partial charge < -0.3 is 10.6 Å². The number of hydrogen-bond donors (Lipinski definition) is 1. The summed E-state index contributed by atoms with van der Waals surface area (Å²) in [5, 5.41) is 4.01. The van der Waals surface area contributed by atoms with Crippen LogP contribution in [0.25, 0.3) is 0 Å². The molecule has 0 unspecified atom stereocenters. The van der Waals surface area contributed by atoms with Crippen LogP contribution in [-0.4, -0.2) is 22.2 Å². The topological polar surface area (TPSA) is 64.2 Å². The van der Waals surface area contributed by atoms with Gasteiger partial charge in [-0.3, -0.25) is 9.48 Å². The summed E-state index contributed by atoms with van der Waals surface area (Å²) in [5.41, 5.74) is 7.74. The van der Waals surface area contributed by atoms with Crippen molar-refractivity contribution in [3.05, 3.63) is 42.2 Å². The number of anilines is 2. The lowest BCUT2D eigenvalue weighted by Crippen LogP contribution is -2.32. The van der Waals surface area contributed by atoms with Gasteiger partial charge >= 0.3 is 0 Å². The van der Waals surface area contributed by atoms with Crippen LogP contribution in [0.4, 0.5) is 11.4 Å². The second-order valence-corrected chi connectivity index (χ2v) is 3.98. The van der Waals surface area contributed by atoms with Gasteiger partial charge in [-0.15, -0.1) is 0 Å². The van der Waals surface area contributed by atoms with Gasteiger partial charge in [0.15, 0.2) is 0 Å². The third-order valence-corrected chi connectivity index (χ3v) is 2.78. The first-order chi connectivity index (χ1) is 8.63. The normalized spacial score (nSPS) is 10.3. The summed E-state index contributed by atoms with van der Waals surface area (Å²) in [5.74, 6) is -0.0805. The van der Waals surface area contributed by atoms with Gasteiger partial charge in [0.05, 0.1) is 0 Å². The van der Waals surface area contributed by atoms with Gasteiger partial charge in [-0.2, -0.15) is 5.10 Å². The molecule has 0 saturated carbocycles. The largest absolute Gasteiger partial charge is 0.399 e. The van der Waals surface area contributed by atoms with Crippen molar-refractivity contribution in [3.8, 4) is 0 Å². The molecule has 1 aromatic heterocycles. The van der Waals surface area contributed by atoms with E-state index in [0.717, 1.165) is 5.69 Å². The summed E-state index contributed by atoms with van der Waals surface area (Å²) < 4.78 is 1.57. The smallest absolute Gasteiger partial charge is 0.276 e. The molecular weight excluding hydrogens is 228 g/mol. The zero-order chi connectivity index (χ0) is 13.1. The summed E-state index contributed by atoms with van der Waals surface area (Å²) in [7, 11) is 1.75. The van der Waals surface area contributed by atoms with Crippen LogP contribution in [0.15, 0.2) is 36.5 Å². The van der Waals surface area contributed by atoms with Gasteiger partial charge in [-0.1, -0.05) is 6.07 Å². The maximum atomic E-state index is 12.4. The standard InChI is InChI=1S/C13H16N4O/c1-3-17(11-6-4-5-10(14)9-11)13(18)12-7-8-15-16(12)2/h4-9H,3,14H2,1-2H3. The van der Waals surface area contributed by atoms with Gasteiger partial charge in [0.1, 0.15) is 5.69 Å². The first-order valence-corrected chi connectivity index (χ1v) is 5.79. The molecule has 0 aliphatic carbocycles. The Morgan fingerprint density at radius 3 is 2.78 bits per heavy atom. The molecule has 0 saturated heterocycles. The van der Waals surface area contributed by atoms with Gasteiger partial charge in [-0.05, 0) is 31.2 Å². The van der Waals surface area contributed by atoms with E-state index >= 15 is 0 Å². The Hall–Kier alpha value is -2.30. The van der Waals surface area contributed by atoms with Gasteiger partial charge in [0.2, 0.25) is 0 Å². The second kappa shape index (κ2) is 4.91. The van der Waals surface area contributed by atoms with E-state index in [9.17, 15) is 4.79 Å². The monoisotopic (exact) mass is 244 g/mol. The number of rotatable bonds is 3. The number of nitrogen functional groups attached to an aromatic ring is 1. The third kappa shape index (κ3) is 2.20. The molecular formula is C13H16N4O. The fourth-order valence-electron chi connectivity index (χ4n) is 1.86. The van der Waals surface area contributed by atoms with Crippen LogP contribution in [0.5, 0.6) is 0 Å². The highest BCUT2D eigenvalue weighted by atomic mass is 16.2. The minimum Gasteiger partial charge on any atom is -0.399 e. The number of nitrogens with zero attached hydrogens (tertiary/aromatic N) is 3. The molecule has 2 N–H and O–H groups in total. The number of carbonyl (C=O) groups is 1. The molecule has 0 spiro atoms. The van der Waals surface area contributed by atoms with Gasteiger partial charge in [0, 0.05) is 31.2 Å². The van der Waals surface area contributed by atoms with Crippen molar-refractivity contribution in [2.24, 2.45) is 7.05 Å². The number of hydrogen-bond acceptors (Lipinski definition) is 3. The minimum atomic E-state index is -0.0805. The summed E-state index contributed by atoms with van der Waals surface area (Å²) in [4.78, 5) is 14.1. The zero-order valence-electron chi connectivity index (χ0n) is 10.5. The lowest BCUT2D eigenvalue weighted by molar-refractivity contribution is 0.0979. The zero-order valence-corrected chi connectivity index (χ0v) is 10.5. The maximum Gasteiger partial charge on any atom is 0.276 e. The Balaban J connectivity index is 2.35. The number of carbonyl (C=O) groups excluding carboxylic acids is 1. The molecule has 1 heterocycles. The SMILES string of the molecule is CCN(C(=O)c1ccnn1C)c1cccc(N)c1. The summed E-state index contributed by atoms with van der Waals surface area (Å²) in [6, 6.07) is 9.00. The fraction of sp³-hybridized carbons (Fsp3) is 0.231. The Kier molecular flexibility index (Phi) is 3.32. The number of benzene rings is 1. The molecule has 5 nitrogen and oxygen atoms in total. The molecule has 2 rings (SSSR count). The highest BCUT2D eigenvalue weighted by Gasteiger charge is 2.18. The molecule has 18 heavy (non-hydrogen) atoms. The first-order valence-electron chi connectivity index (χ1n) is 5.79. The van der Waals surface area contributed by atoms with Crippen molar-refractivity contribution in [1.82, 2.24) is 9.78 Å². The first kappa shape index (κ1) is 12.2. The molecule has 0 aliphatic heterocycles. The molecule has 1 aromatic carbocycles. The summed E-state index contributed by atoms with van der Waals surface area (Å²) >= 11 is 0. The molecule has 0 aliphatic rings. The van der Waals surface area contributed by atoms with E-state index in [1.807, 2.05) is 19.1 Å². The van der Waals surface area contributed by atoms with Crippen LogP contribution in [0, 0.1) is 0 Å². The van der Waals surface area contributed by atoms with Crippen LogP contribution < -0.4 is 10.6 Å². The van der Waals surface area contributed by atoms with Crippen LogP contribution in [-0.2, 0) is 7.05 Å². The van der Waals surface area contributed by atoms with Crippen molar-refractivity contribution < 1.29 is 4.79 Å². The maximum absolute atomic E-state index is 12.4. The van der Waals surface area contributed by atoms with Crippen LogP contribution in [0.2, 0.25) is 0 Å². The second-order valence-electron chi connectivity index (χ2n) is 3.98. The van der Waals surface area contributed by atoms with Crippen molar-refractivity contribution >= 4 is 17.3 Å². The lowest BCUT2D eigenvalue weighted by Gasteiger charge is -2.21. The number of amides is 1. The molecule has 5 heteroatoms. The third-order valence-electron chi connectivity index (χ3n) is 2.78. The Bertz CT molecular complexity index is 562. The van der Waals surface area contributed by atoms with Crippen molar-refractivity contribution in [3.63, 3.8) is 0 Å². The number of aryl methyl sites for hydroxylation is 1. The van der Waals surface area contributed by atoms with Crippen LogP contribution in [0.3, 0.4) is 0 Å². The molecule has 0 fully saturated rings. The van der Waals surface area contributed by atoms with E-state index < -0.39 is 0 Å². The molecule has 94 valence electrons. The molecule has 2 aromatic rings. The average molecular weight is 244 g/mol. The summed E-state index contributed by atoms with van der Waals surface area (Å²) in [6.07, 6.45) is 1.61. The predicted molar refractivity (Wildman–Crippen MR) is 71.4 cm³/mol. The van der Waals surface area contributed by atoms with E-state index in [1.54, 1.807) is 41.0 Å². The fourth-order valence-corrected chi connectivity index (χ4v) is 1.86. The number of aromatic nitrogens is 2. The summed E-state index contributed by atoms with van der Waals surface area (Å²) in [6.45, 7) is 2.50. The van der Waals surface area contributed by atoms with E-state index in [4.69, 9.17) is 5.73 Å². The highest BCUT2D eigenvalue weighted by Crippen LogP contribution is 2.19. The average Bonchev–Trinajstić information content (AvgIpc) is 2.76. The Labute approximate surface area is 106 Å². The van der Waals surface area contributed by atoms with Gasteiger partial charge in [-0.25, -0.2) is 0 Å². The van der Waals surface area contributed by atoms with E-state index in [0.29, 0.717) is 17.9 Å². The highest BCUT2D eigenvalue weighted by molar-refractivity contribution is 6.05. The Morgan fingerprint density at radius 1 is 1.44 bits per heavy atom. The Morgan fingerprint density at radius 2 is 2.22 bits per heavy atom. The van der Waals surface area contributed by atoms with Crippen molar-refractivity contribution in [1.29, 1.82) is 0 Å². The minimum absolute atomic E-state index is 0.0805. The van der Waals surface area contributed by atoms with Crippen molar-refractivity contribution in [2.45, 2.75) is 6.92 Å². The molecule has 0 radical (unpaired) electrons. The quantitative estimate of drug-likeness (QED) is 0.835. The van der Waals surface area contributed by atoms with Crippen LogP contribution >= 0.6 is 0 Å². The molecule has 0 bridgehead atoms. The molecule has 0 atom stereocenters.